The predicted molar refractivity (Wildman–Crippen MR) is 119 cm³/mol. The van der Waals surface area contributed by atoms with E-state index in [1.807, 2.05) is 36.4 Å². The fourth-order valence-corrected chi connectivity index (χ4v) is 3.87. The molecule has 5 rings (SSSR count). The van der Waals surface area contributed by atoms with Gasteiger partial charge in [0, 0.05) is 10.9 Å². The van der Waals surface area contributed by atoms with Gasteiger partial charge in [-0.1, -0.05) is 48.9 Å². The molecule has 0 saturated carbocycles. The van der Waals surface area contributed by atoms with Crippen molar-refractivity contribution in [2.24, 2.45) is 0 Å². The number of nitrogens with zero attached hydrogens (tertiary/aromatic N) is 3. The van der Waals surface area contributed by atoms with E-state index in [9.17, 15) is 0 Å². The van der Waals surface area contributed by atoms with Crippen molar-refractivity contribution in [1.29, 1.82) is 0 Å². The van der Waals surface area contributed by atoms with E-state index in [-0.39, 0.29) is 0 Å². The van der Waals surface area contributed by atoms with Gasteiger partial charge in [0.25, 0.3) is 0 Å². The molecule has 0 spiro atoms. The second-order valence-electron chi connectivity index (χ2n) is 7.45. The number of hydrogen-bond donors (Lipinski definition) is 0. The average Bonchev–Trinajstić information content (AvgIpc) is 3.03. The number of aryl methyl sites for hydroxylation is 1. The van der Waals surface area contributed by atoms with Gasteiger partial charge in [0.2, 0.25) is 0 Å². The van der Waals surface area contributed by atoms with Gasteiger partial charge < -0.3 is 9.30 Å². The second kappa shape index (κ2) is 7.21. The molecule has 0 unspecified atom stereocenters. The molecule has 0 radical (unpaired) electrons. The zero-order valence-electron chi connectivity index (χ0n) is 16.7. The molecular weight excluding hydrogens is 358 g/mol. The standard InChI is InChI=1S/C25H23N3O/c1-3-14-29-23-11-7-4-8-18(23)16-28-22-13-12-17(2)15-19(22)24-25(28)27-21-10-6-5-9-20(21)26-24/h4-13,15H,3,14,16H2,1-2H3. The van der Waals surface area contributed by atoms with Crippen LogP contribution in [0.4, 0.5) is 0 Å². The van der Waals surface area contributed by atoms with Gasteiger partial charge in [-0.05, 0) is 43.7 Å². The van der Waals surface area contributed by atoms with Gasteiger partial charge in [0.1, 0.15) is 11.3 Å². The first-order valence-corrected chi connectivity index (χ1v) is 10.1. The summed E-state index contributed by atoms with van der Waals surface area (Å²) in [6.07, 6.45) is 0.987. The normalized spacial score (nSPS) is 11.5. The van der Waals surface area contributed by atoms with Crippen molar-refractivity contribution in [1.82, 2.24) is 14.5 Å². The third kappa shape index (κ3) is 3.11. The number of fused-ring (bicyclic) bond motifs is 4. The van der Waals surface area contributed by atoms with Crippen LogP contribution in [0.5, 0.6) is 5.75 Å². The van der Waals surface area contributed by atoms with Crippen molar-refractivity contribution >= 4 is 33.1 Å². The number of aromatic nitrogens is 3. The maximum Gasteiger partial charge on any atom is 0.160 e. The van der Waals surface area contributed by atoms with E-state index >= 15 is 0 Å². The minimum Gasteiger partial charge on any atom is -0.493 e. The van der Waals surface area contributed by atoms with Crippen LogP contribution in [0, 0.1) is 6.92 Å². The summed E-state index contributed by atoms with van der Waals surface area (Å²) in [7, 11) is 0. The van der Waals surface area contributed by atoms with E-state index in [0.717, 1.165) is 50.8 Å². The van der Waals surface area contributed by atoms with Crippen LogP contribution in [-0.2, 0) is 6.54 Å². The number of para-hydroxylation sites is 3. The quantitative estimate of drug-likeness (QED) is 0.381. The highest BCUT2D eigenvalue weighted by Gasteiger charge is 2.16. The van der Waals surface area contributed by atoms with E-state index < -0.39 is 0 Å². The molecule has 0 aliphatic heterocycles. The average molecular weight is 381 g/mol. The van der Waals surface area contributed by atoms with Gasteiger partial charge in [0.15, 0.2) is 5.65 Å². The molecule has 0 bridgehead atoms. The van der Waals surface area contributed by atoms with Gasteiger partial charge >= 0.3 is 0 Å². The van der Waals surface area contributed by atoms with E-state index in [2.05, 4.69) is 48.7 Å². The summed E-state index contributed by atoms with van der Waals surface area (Å²) in [6.45, 7) is 5.65. The van der Waals surface area contributed by atoms with E-state index in [4.69, 9.17) is 14.7 Å². The minimum atomic E-state index is 0.690. The highest BCUT2D eigenvalue weighted by molar-refractivity contribution is 6.06. The summed E-state index contributed by atoms with van der Waals surface area (Å²) in [6, 6.07) is 22.9. The van der Waals surface area contributed by atoms with Crippen LogP contribution in [0.2, 0.25) is 0 Å². The Hall–Kier alpha value is -3.40. The molecule has 4 nitrogen and oxygen atoms in total. The first kappa shape index (κ1) is 17.7. The van der Waals surface area contributed by atoms with Crippen molar-refractivity contribution in [2.75, 3.05) is 6.61 Å². The third-order valence-electron chi connectivity index (χ3n) is 5.27. The summed E-state index contributed by atoms with van der Waals surface area (Å²) in [4.78, 5) is 9.96. The molecular formula is C25H23N3O. The van der Waals surface area contributed by atoms with E-state index in [1.54, 1.807) is 0 Å². The van der Waals surface area contributed by atoms with Gasteiger partial charge in [-0.15, -0.1) is 0 Å². The van der Waals surface area contributed by atoms with Gasteiger partial charge in [0.05, 0.1) is 29.7 Å². The highest BCUT2D eigenvalue weighted by atomic mass is 16.5. The summed E-state index contributed by atoms with van der Waals surface area (Å²) in [5.74, 6) is 0.935. The van der Waals surface area contributed by atoms with Crippen LogP contribution in [0.15, 0.2) is 66.7 Å². The zero-order valence-corrected chi connectivity index (χ0v) is 16.7. The van der Waals surface area contributed by atoms with Crippen LogP contribution in [-0.4, -0.2) is 21.1 Å². The van der Waals surface area contributed by atoms with Crippen LogP contribution >= 0.6 is 0 Å². The lowest BCUT2D eigenvalue weighted by Gasteiger charge is -2.13. The van der Waals surface area contributed by atoms with Gasteiger partial charge in [-0.3, -0.25) is 0 Å². The maximum absolute atomic E-state index is 6.00. The Bertz CT molecular complexity index is 1340. The number of benzene rings is 3. The smallest absolute Gasteiger partial charge is 0.160 e. The molecule has 3 aromatic carbocycles. The van der Waals surface area contributed by atoms with Crippen molar-refractivity contribution < 1.29 is 4.74 Å². The first-order chi connectivity index (χ1) is 14.2. The molecule has 0 aliphatic rings. The number of rotatable bonds is 5. The first-order valence-electron chi connectivity index (χ1n) is 10.1. The zero-order chi connectivity index (χ0) is 19.8. The van der Waals surface area contributed by atoms with Crippen molar-refractivity contribution in [3.8, 4) is 5.75 Å². The molecule has 4 heteroatoms. The SMILES string of the molecule is CCCOc1ccccc1Cn1c2ccc(C)cc2c2nc3ccccc3nc21. The Morgan fingerprint density at radius 1 is 0.897 bits per heavy atom. The molecule has 5 aromatic rings. The highest BCUT2D eigenvalue weighted by Crippen LogP contribution is 2.31. The summed E-state index contributed by atoms with van der Waals surface area (Å²) < 4.78 is 8.26. The molecule has 0 fully saturated rings. The molecule has 2 heterocycles. The fourth-order valence-electron chi connectivity index (χ4n) is 3.87. The largest absolute Gasteiger partial charge is 0.493 e. The second-order valence-corrected chi connectivity index (χ2v) is 7.45. The lowest BCUT2D eigenvalue weighted by atomic mass is 10.1. The Labute approximate surface area is 169 Å². The third-order valence-corrected chi connectivity index (χ3v) is 5.27. The van der Waals surface area contributed by atoms with Crippen molar-refractivity contribution in [3.05, 3.63) is 77.9 Å². The molecule has 0 atom stereocenters. The lowest BCUT2D eigenvalue weighted by molar-refractivity contribution is 0.313. The van der Waals surface area contributed by atoms with E-state index in [0.29, 0.717) is 13.2 Å². The summed E-state index contributed by atoms with van der Waals surface area (Å²) in [5.41, 5.74) is 7.21. The number of ether oxygens (including phenoxy) is 1. The predicted octanol–water partition coefficient (Wildman–Crippen LogP) is 5.88. The van der Waals surface area contributed by atoms with Gasteiger partial charge in [-0.2, -0.15) is 0 Å². The minimum absolute atomic E-state index is 0.690. The Balaban J connectivity index is 1.75. The van der Waals surface area contributed by atoms with Crippen molar-refractivity contribution in [2.45, 2.75) is 26.8 Å². The maximum atomic E-state index is 6.00. The van der Waals surface area contributed by atoms with Crippen LogP contribution < -0.4 is 4.74 Å². The Morgan fingerprint density at radius 2 is 1.66 bits per heavy atom. The van der Waals surface area contributed by atoms with Gasteiger partial charge in [-0.25, -0.2) is 9.97 Å². The van der Waals surface area contributed by atoms with Crippen molar-refractivity contribution in [3.63, 3.8) is 0 Å². The molecule has 29 heavy (non-hydrogen) atoms. The molecule has 0 amide bonds. The molecule has 144 valence electrons. The monoisotopic (exact) mass is 381 g/mol. The summed E-state index contributed by atoms with van der Waals surface area (Å²) in [5, 5.41) is 1.14. The van der Waals surface area contributed by atoms with Crippen LogP contribution in [0.25, 0.3) is 33.1 Å². The molecule has 0 saturated heterocycles. The molecule has 2 aromatic heterocycles. The molecule has 0 N–H and O–H groups in total. The lowest BCUT2D eigenvalue weighted by Crippen LogP contribution is -2.05. The molecule has 0 aliphatic carbocycles. The Morgan fingerprint density at radius 3 is 2.48 bits per heavy atom. The Kier molecular flexibility index (Phi) is 4.39. The van der Waals surface area contributed by atoms with Crippen LogP contribution in [0.1, 0.15) is 24.5 Å². The topological polar surface area (TPSA) is 39.9 Å². The van der Waals surface area contributed by atoms with E-state index in [1.165, 1.54) is 5.56 Å². The summed E-state index contributed by atoms with van der Waals surface area (Å²) >= 11 is 0. The van der Waals surface area contributed by atoms with Crippen LogP contribution in [0.3, 0.4) is 0 Å². The fraction of sp³-hybridized carbons (Fsp3) is 0.200. The number of hydrogen-bond acceptors (Lipinski definition) is 3.